The van der Waals surface area contributed by atoms with Crippen LogP contribution in [0.25, 0.3) is 10.8 Å². The second kappa shape index (κ2) is 12.5. The number of nitrogens with zero attached hydrogens (tertiary/aromatic N) is 3. The van der Waals surface area contributed by atoms with Crippen molar-refractivity contribution in [2.24, 2.45) is 0 Å². The Bertz CT molecular complexity index is 1730. The van der Waals surface area contributed by atoms with Gasteiger partial charge in [-0.05, 0) is 66.1 Å². The molecule has 4 aromatic rings. The molecular weight excluding hydrogens is 581 g/mol. The number of aromatic nitrogens is 2. The van der Waals surface area contributed by atoms with Crippen molar-refractivity contribution in [1.82, 2.24) is 15.3 Å². The molecule has 0 saturated carbocycles. The van der Waals surface area contributed by atoms with Crippen LogP contribution in [0.5, 0.6) is 11.6 Å². The van der Waals surface area contributed by atoms with Gasteiger partial charge < -0.3 is 30.7 Å². The molecule has 1 aromatic heterocycles. The number of carbonyl (C=O) groups is 3. The Kier molecular flexibility index (Phi) is 8.51. The maximum Gasteiger partial charge on any atom is 0.418 e. The number of rotatable bonds is 7. The average Bonchev–Trinajstić information content (AvgIpc) is 2.96. The molecule has 0 aliphatic carbocycles. The Morgan fingerprint density at radius 2 is 1.84 bits per heavy atom. The highest BCUT2D eigenvalue weighted by Gasteiger charge is 2.36. The van der Waals surface area contributed by atoms with E-state index in [9.17, 15) is 27.6 Å². The van der Waals surface area contributed by atoms with E-state index >= 15 is 0 Å². The molecule has 4 N–H and O–H groups in total. The Morgan fingerprint density at radius 1 is 1.02 bits per heavy atom. The molecule has 0 bridgehead atoms. The second-order valence-electron chi connectivity index (χ2n) is 10.1. The maximum absolute atomic E-state index is 14.1. The fourth-order valence-corrected chi connectivity index (χ4v) is 5.09. The van der Waals surface area contributed by atoms with Crippen LogP contribution < -0.4 is 25.6 Å². The van der Waals surface area contributed by atoms with Gasteiger partial charge in [0.15, 0.2) is 0 Å². The number of ether oxygens (including phenoxy) is 1. The average molecular weight is 609 g/mol. The van der Waals surface area contributed by atoms with Gasteiger partial charge in [-0.3, -0.25) is 9.59 Å². The predicted octanol–water partition coefficient (Wildman–Crippen LogP) is 5.89. The van der Waals surface area contributed by atoms with Crippen LogP contribution in [0.1, 0.15) is 35.7 Å². The number of anilines is 3. The van der Waals surface area contributed by atoms with Crippen molar-refractivity contribution in [3.8, 4) is 11.6 Å². The van der Waals surface area contributed by atoms with Crippen molar-refractivity contribution in [3.63, 3.8) is 0 Å². The first-order valence-corrected chi connectivity index (χ1v) is 13.5. The minimum absolute atomic E-state index is 0.0426. The lowest BCUT2D eigenvalue weighted by atomic mass is 10.0. The predicted molar refractivity (Wildman–Crippen MR) is 156 cm³/mol. The highest BCUT2D eigenvalue weighted by Crippen LogP contribution is 2.39. The van der Waals surface area contributed by atoms with E-state index in [1.165, 1.54) is 36.4 Å². The molecule has 44 heavy (non-hydrogen) atoms. The van der Waals surface area contributed by atoms with Crippen LogP contribution in [-0.2, 0) is 11.0 Å². The van der Waals surface area contributed by atoms with Crippen molar-refractivity contribution >= 4 is 45.9 Å². The van der Waals surface area contributed by atoms with E-state index in [2.05, 4.69) is 25.9 Å². The van der Waals surface area contributed by atoms with Crippen molar-refractivity contribution in [1.29, 1.82) is 0 Å². The van der Waals surface area contributed by atoms with Gasteiger partial charge in [0.05, 0.1) is 5.56 Å². The molecule has 228 valence electrons. The first-order chi connectivity index (χ1) is 21.0. The molecule has 5 rings (SSSR count). The number of alkyl halides is 3. The summed E-state index contributed by atoms with van der Waals surface area (Å²) < 4.78 is 48.2. The summed E-state index contributed by atoms with van der Waals surface area (Å²) in [5.74, 6) is -0.0724. The van der Waals surface area contributed by atoms with Gasteiger partial charge in [-0.2, -0.15) is 13.2 Å². The SMILES string of the molecule is CC(=O)Nc1cc(Oc2ccc3c(C(=O)Nc4ccc(N5CCC[C@@H](NC(=O)O)C5)c(C(F)(F)F)c4)cccc3c2)ncn1. The third-order valence-corrected chi connectivity index (χ3v) is 6.91. The maximum atomic E-state index is 14.1. The Labute approximate surface area is 249 Å². The van der Waals surface area contributed by atoms with Gasteiger partial charge in [0, 0.05) is 49.1 Å². The van der Waals surface area contributed by atoms with E-state index in [0.717, 1.165) is 6.07 Å². The summed E-state index contributed by atoms with van der Waals surface area (Å²) in [5, 5.41) is 17.6. The van der Waals surface area contributed by atoms with Gasteiger partial charge in [-0.1, -0.05) is 12.1 Å². The summed E-state index contributed by atoms with van der Waals surface area (Å²) in [6.45, 7) is 1.77. The third kappa shape index (κ3) is 7.14. The summed E-state index contributed by atoms with van der Waals surface area (Å²) in [4.78, 5) is 45.1. The zero-order valence-electron chi connectivity index (χ0n) is 23.3. The molecule has 14 heteroatoms. The van der Waals surface area contributed by atoms with Crippen LogP contribution in [0.3, 0.4) is 0 Å². The van der Waals surface area contributed by atoms with Crippen molar-refractivity contribution in [2.45, 2.75) is 32.0 Å². The van der Waals surface area contributed by atoms with Crippen molar-refractivity contribution in [2.75, 3.05) is 28.6 Å². The van der Waals surface area contributed by atoms with E-state index in [1.807, 2.05) is 0 Å². The summed E-state index contributed by atoms with van der Waals surface area (Å²) in [7, 11) is 0. The lowest BCUT2D eigenvalue weighted by Gasteiger charge is -2.35. The molecule has 3 aromatic carbocycles. The van der Waals surface area contributed by atoms with E-state index in [1.54, 1.807) is 36.4 Å². The van der Waals surface area contributed by atoms with Gasteiger partial charge in [0.25, 0.3) is 5.91 Å². The first-order valence-electron chi connectivity index (χ1n) is 13.5. The quantitative estimate of drug-likeness (QED) is 0.203. The zero-order chi connectivity index (χ0) is 31.4. The molecular formula is C30H27F3N6O5. The highest BCUT2D eigenvalue weighted by molar-refractivity contribution is 6.13. The topological polar surface area (TPSA) is 146 Å². The number of carboxylic acid groups (broad SMARTS) is 1. The summed E-state index contributed by atoms with van der Waals surface area (Å²) in [6.07, 6.45) is -3.67. The molecule has 1 saturated heterocycles. The standard InChI is InChI=1S/C30H27F3N6O5/c1-17(40)36-26-14-27(35-16-34-26)44-21-8-9-22-18(12-21)4-2-6-23(22)28(41)37-19-7-10-25(24(13-19)30(31,32)33)39-11-3-5-20(15-39)38-29(42)43/h2,4,6-10,12-14,16,20,38H,3,5,11,15H2,1H3,(H,37,41)(H,42,43)(H,34,35,36,40)/t20-/m1/s1. The van der Waals surface area contributed by atoms with Crippen LogP contribution in [0.2, 0.25) is 0 Å². The summed E-state index contributed by atoms with van der Waals surface area (Å²) in [6, 6.07) is 14.4. The molecule has 1 aliphatic heterocycles. The molecule has 1 aliphatic rings. The number of halogens is 3. The molecule has 11 nitrogen and oxygen atoms in total. The highest BCUT2D eigenvalue weighted by atomic mass is 19.4. The van der Waals surface area contributed by atoms with Crippen LogP contribution >= 0.6 is 0 Å². The molecule has 3 amide bonds. The number of hydrogen-bond acceptors (Lipinski definition) is 7. The minimum atomic E-state index is -4.72. The second-order valence-corrected chi connectivity index (χ2v) is 10.1. The van der Waals surface area contributed by atoms with E-state index < -0.39 is 29.8 Å². The van der Waals surface area contributed by atoms with Crippen LogP contribution in [-0.4, -0.2) is 52.1 Å². The Morgan fingerprint density at radius 3 is 2.59 bits per heavy atom. The fraction of sp³-hybridized carbons (Fsp3) is 0.233. The summed E-state index contributed by atoms with van der Waals surface area (Å²) >= 11 is 0. The molecule has 0 radical (unpaired) electrons. The number of amides is 3. The number of hydrogen-bond donors (Lipinski definition) is 4. The van der Waals surface area contributed by atoms with Gasteiger partial charge in [0.1, 0.15) is 17.9 Å². The van der Waals surface area contributed by atoms with E-state index in [4.69, 9.17) is 9.84 Å². The molecule has 1 atom stereocenters. The lowest BCUT2D eigenvalue weighted by Crippen LogP contribution is -2.47. The van der Waals surface area contributed by atoms with Crippen molar-refractivity contribution in [3.05, 3.63) is 78.1 Å². The molecule has 0 unspecified atom stereocenters. The smallest absolute Gasteiger partial charge is 0.418 e. The summed E-state index contributed by atoms with van der Waals surface area (Å²) in [5.41, 5.74) is -0.824. The number of benzene rings is 3. The number of piperidine rings is 1. The first kappa shape index (κ1) is 30.1. The third-order valence-electron chi connectivity index (χ3n) is 6.91. The fourth-order valence-electron chi connectivity index (χ4n) is 5.09. The normalized spacial score (nSPS) is 15.0. The number of carbonyl (C=O) groups excluding carboxylic acids is 2. The van der Waals surface area contributed by atoms with Gasteiger partial charge in [0.2, 0.25) is 11.8 Å². The Hall–Kier alpha value is -5.40. The van der Waals surface area contributed by atoms with Gasteiger partial charge in [-0.15, -0.1) is 0 Å². The van der Waals surface area contributed by atoms with Gasteiger partial charge >= 0.3 is 12.3 Å². The monoisotopic (exact) mass is 608 g/mol. The van der Waals surface area contributed by atoms with Crippen LogP contribution in [0.4, 0.5) is 35.2 Å². The zero-order valence-corrected chi connectivity index (χ0v) is 23.3. The van der Waals surface area contributed by atoms with Crippen LogP contribution in [0.15, 0.2) is 67.0 Å². The largest absolute Gasteiger partial charge is 0.465 e. The molecule has 1 fully saturated rings. The molecule has 0 spiro atoms. The number of fused-ring (bicyclic) bond motifs is 1. The minimum Gasteiger partial charge on any atom is -0.465 e. The molecule has 2 heterocycles. The van der Waals surface area contributed by atoms with Gasteiger partial charge in [-0.25, -0.2) is 14.8 Å². The number of nitrogens with one attached hydrogen (secondary N) is 3. The Balaban J connectivity index is 1.36. The van der Waals surface area contributed by atoms with Crippen molar-refractivity contribution < 1.29 is 37.4 Å². The van der Waals surface area contributed by atoms with E-state index in [0.29, 0.717) is 35.9 Å². The lowest BCUT2D eigenvalue weighted by molar-refractivity contribution is -0.137. The van der Waals surface area contributed by atoms with Crippen LogP contribution in [0, 0.1) is 0 Å². The van der Waals surface area contributed by atoms with E-state index in [-0.39, 0.29) is 41.1 Å².